The molecule has 1 aromatic carbocycles. The Balaban J connectivity index is 1.69. The number of amides is 2. The van der Waals surface area contributed by atoms with Crippen molar-refractivity contribution in [1.29, 1.82) is 0 Å². The Morgan fingerprint density at radius 2 is 1.82 bits per heavy atom. The van der Waals surface area contributed by atoms with Crippen molar-refractivity contribution < 1.29 is 14.0 Å². The molecule has 2 rings (SSSR count). The zero-order valence-electron chi connectivity index (χ0n) is 12.2. The summed E-state index contributed by atoms with van der Waals surface area (Å²) >= 11 is 0. The number of para-hydroxylation sites is 1. The van der Waals surface area contributed by atoms with E-state index in [1.807, 2.05) is 25.1 Å². The van der Waals surface area contributed by atoms with Gasteiger partial charge in [0.1, 0.15) is 11.5 Å². The predicted molar refractivity (Wildman–Crippen MR) is 83.5 cm³/mol. The van der Waals surface area contributed by atoms with E-state index < -0.39 is 0 Å². The molecule has 6 heteroatoms. The lowest BCUT2D eigenvalue weighted by Crippen LogP contribution is -2.20. The van der Waals surface area contributed by atoms with E-state index in [0.29, 0.717) is 11.4 Å². The lowest BCUT2D eigenvalue weighted by atomic mass is 10.2. The fourth-order valence-corrected chi connectivity index (χ4v) is 1.72. The van der Waals surface area contributed by atoms with Gasteiger partial charge in [-0.2, -0.15) is 5.10 Å². The van der Waals surface area contributed by atoms with Crippen LogP contribution >= 0.6 is 0 Å². The Morgan fingerprint density at radius 3 is 2.50 bits per heavy atom. The van der Waals surface area contributed by atoms with Gasteiger partial charge in [0, 0.05) is 18.5 Å². The second kappa shape index (κ2) is 7.78. The number of aryl methyl sites for hydroxylation is 1. The van der Waals surface area contributed by atoms with E-state index in [9.17, 15) is 9.59 Å². The van der Waals surface area contributed by atoms with Crippen LogP contribution < -0.4 is 10.7 Å². The molecule has 0 aliphatic heterocycles. The minimum Gasteiger partial charge on any atom is -0.460 e. The van der Waals surface area contributed by atoms with Gasteiger partial charge in [0.2, 0.25) is 11.8 Å². The SMILES string of the molecule is Cc1ccc(C=NNC(=O)CCC(=O)Nc2ccccc2)o1. The third-order valence-corrected chi connectivity index (χ3v) is 2.78. The Hall–Kier alpha value is -2.89. The first-order valence-corrected chi connectivity index (χ1v) is 6.87. The Kier molecular flexibility index (Phi) is 5.48. The smallest absolute Gasteiger partial charge is 0.240 e. The van der Waals surface area contributed by atoms with Crippen LogP contribution in [0.4, 0.5) is 5.69 Å². The maximum atomic E-state index is 11.7. The van der Waals surface area contributed by atoms with Gasteiger partial charge in [0.25, 0.3) is 0 Å². The molecule has 2 amide bonds. The molecule has 2 N–H and O–H groups in total. The van der Waals surface area contributed by atoms with Gasteiger partial charge < -0.3 is 9.73 Å². The van der Waals surface area contributed by atoms with Crippen molar-refractivity contribution in [3.05, 3.63) is 54.0 Å². The lowest BCUT2D eigenvalue weighted by Gasteiger charge is -2.04. The number of anilines is 1. The van der Waals surface area contributed by atoms with Crippen LogP contribution in [0, 0.1) is 6.92 Å². The van der Waals surface area contributed by atoms with Gasteiger partial charge in [-0.05, 0) is 31.2 Å². The number of hydrogen-bond donors (Lipinski definition) is 2. The molecule has 114 valence electrons. The van der Waals surface area contributed by atoms with Crippen molar-refractivity contribution in [2.45, 2.75) is 19.8 Å². The highest BCUT2D eigenvalue weighted by Crippen LogP contribution is 2.06. The van der Waals surface area contributed by atoms with Crippen LogP contribution in [0.1, 0.15) is 24.4 Å². The van der Waals surface area contributed by atoms with E-state index in [4.69, 9.17) is 4.42 Å². The highest BCUT2D eigenvalue weighted by Gasteiger charge is 2.06. The van der Waals surface area contributed by atoms with Crippen LogP contribution in [0.5, 0.6) is 0 Å². The molecule has 1 aromatic heterocycles. The Bertz CT molecular complexity index is 662. The summed E-state index contributed by atoms with van der Waals surface area (Å²) in [5.74, 6) is 0.778. The van der Waals surface area contributed by atoms with Crippen molar-refractivity contribution in [2.75, 3.05) is 5.32 Å². The minimum atomic E-state index is -0.331. The third kappa shape index (κ3) is 5.24. The molecule has 0 aliphatic carbocycles. The number of hydrazone groups is 1. The minimum absolute atomic E-state index is 0.0627. The van der Waals surface area contributed by atoms with Crippen LogP contribution in [0.3, 0.4) is 0 Å². The van der Waals surface area contributed by atoms with E-state index in [-0.39, 0.29) is 24.7 Å². The number of rotatable bonds is 6. The fourth-order valence-electron chi connectivity index (χ4n) is 1.72. The molecule has 0 aliphatic rings. The summed E-state index contributed by atoms with van der Waals surface area (Å²) < 4.78 is 5.27. The number of carbonyl (C=O) groups excluding carboxylic acids is 2. The topological polar surface area (TPSA) is 83.7 Å². The largest absolute Gasteiger partial charge is 0.460 e. The standard InChI is InChI=1S/C16H17N3O3/c1-12-7-8-14(22-12)11-17-19-16(21)10-9-15(20)18-13-5-3-2-4-6-13/h2-8,11H,9-10H2,1H3,(H,18,20)(H,19,21). The van der Waals surface area contributed by atoms with Crippen LogP contribution in [0.2, 0.25) is 0 Å². The lowest BCUT2D eigenvalue weighted by molar-refractivity contribution is -0.124. The van der Waals surface area contributed by atoms with Crippen LogP contribution in [0.15, 0.2) is 52.0 Å². The molecular formula is C16H17N3O3. The van der Waals surface area contributed by atoms with Gasteiger partial charge in [-0.3, -0.25) is 9.59 Å². The summed E-state index contributed by atoms with van der Waals surface area (Å²) in [4.78, 5) is 23.2. The number of carbonyl (C=O) groups is 2. The Labute approximate surface area is 128 Å². The monoisotopic (exact) mass is 299 g/mol. The first-order valence-electron chi connectivity index (χ1n) is 6.87. The molecule has 22 heavy (non-hydrogen) atoms. The van der Waals surface area contributed by atoms with Gasteiger partial charge in [-0.1, -0.05) is 18.2 Å². The second-order valence-electron chi connectivity index (χ2n) is 4.66. The summed E-state index contributed by atoms with van der Waals surface area (Å²) in [6.45, 7) is 1.82. The summed E-state index contributed by atoms with van der Waals surface area (Å²) in [6, 6.07) is 12.6. The van der Waals surface area contributed by atoms with E-state index in [1.54, 1.807) is 24.3 Å². The van der Waals surface area contributed by atoms with Crippen molar-refractivity contribution in [3.63, 3.8) is 0 Å². The molecule has 0 atom stereocenters. The molecular weight excluding hydrogens is 282 g/mol. The average molecular weight is 299 g/mol. The number of nitrogens with one attached hydrogen (secondary N) is 2. The number of nitrogens with zero attached hydrogens (tertiary/aromatic N) is 1. The first kappa shape index (κ1) is 15.5. The zero-order valence-corrected chi connectivity index (χ0v) is 12.2. The maximum absolute atomic E-state index is 11.7. The number of benzene rings is 1. The van der Waals surface area contributed by atoms with Gasteiger partial charge in [0.15, 0.2) is 0 Å². The first-order chi connectivity index (χ1) is 10.6. The molecule has 1 heterocycles. The predicted octanol–water partition coefficient (Wildman–Crippen LogP) is 2.46. The molecule has 2 aromatic rings. The number of furan rings is 1. The molecule has 0 radical (unpaired) electrons. The molecule has 0 saturated heterocycles. The van der Waals surface area contributed by atoms with E-state index in [1.165, 1.54) is 6.21 Å². The van der Waals surface area contributed by atoms with Gasteiger partial charge in [0.05, 0.1) is 6.21 Å². The van der Waals surface area contributed by atoms with Crippen LogP contribution in [-0.4, -0.2) is 18.0 Å². The number of hydrogen-bond acceptors (Lipinski definition) is 4. The van der Waals surface area contributed by atoms with Crippen molar-refractivity contribution in [3.8, 4) is 0 Å². The highest BCUT2D eigenvalue weighted by molar-refractivity contribution is 5.93. The molecule has 0 bridgehead atoms. The summed E-state index contributed by atoms with van der Waals surface area (Å²) in [6.07, 6.45) is 1.57. The Morgan fingerprint density at radius 1 is 1.09 bits per heavy atom. The van der Waals surface area contributed by atoms with Crippen LogP contribution in [0.25, 0.3) is 0 Å². The average Bonchev–Trinajstić information content (AvgIpc) is 2.92. The molecule has 0 spiro atoms. The maximum Gasteiger partial charge on any atom is 0.240 e. The van der Waals surface area contributed by atoms with Crippen molar-refractivity contribution in [1.82, 2.24) is 5.43 Å². The van der Waals surface area contributed by atoms with E-state index in [2.05, 4.69) is 15.8 Å². The van der Waals surface area contributed by atoms with E-state index in [0.717, 1.165) is 5.76 Å². The molecule has 0 saturated carbocycles. The van der Waals surface area contributed by atoms with Gasteiger partial charge in [-0.25, -0.2) is 5.43 Å². The van der Waals surface area contributed by atoms with Gasteiger partial charge >= 0.3 is 0 Å². The summed E-state index contributed by atoms with van der Waals surface area (Å²) in [7, 11) is 0. The highest BCUT2D eigenvalue weighted by atomic mass is 16.3. The molecule has 0 unspecified atom stereocenters. The van der Waals surface area contributed by atoms with Gasteiger partial charge in [-0.15, -0.1) is 0 Å². The third-order valence-electron chi connectivity index (χ3n) is 2.78. The summed E-state index contributed by atoms with van der Waals surface area (Å²) in [5.41, 5.74) is 3.06. The van der Waals surface area contributed by atoms with Crippen molar-refractivity contribution in [2.24, 2.45) is 5.10 Å². The quantitative estimate of drug-likeness (QED) is 0.635. The van der Waals surface area contributed by atoms with Crippen molar-refractivity contribution >= 4 is 23.7 Å². The molecule has 0 fully saturated rings. The molecule has 6 nitrogen and oxygen atoms in total. The normalized spacial score (nSPS) is 10.6. The second-order valence-corrected chi connectivity index (χ2v) is 4.66. The zero-order chi connectivity index (χ0) is 15.8. The fraction of sp³-hybridized carbons (Fsp3) is 0.188. The van der Waals surface area contributed by atoms with E-state index >= 15 is 0 Å². The summed E-state index contributed by atoms with van der Waals surface area (Å²) in [5, 5.41) is 6.48. The van der Waals surface area contributed by atoms with Crippen LogP contribution in [-0.2, 0) is 9.59 Å².